The Labute approximate surface area is 136 Å². The van der Waals surface area contributed by atoms with Crippen LogP contribution in [0.3, 0.4) is 0 Å². The molecule has 4 heteroatoms. The number of carbonyl (C=O) groups is 1. The molecule has 22 heavy (non-hydrogen) atoms. The van der Waals surface area contributed by atoms with Gasteiger partial charge in [0.1, 0.15) is 0 Å². The molecule has 2 N–H and O–H groups in total. The van der Waals surface area contributed by atoms with E-state index in [0.29, 0.717) is 0 Å². The monoisotopic (exact) mass is 314 g/mol. The zero-order valence-corrected chi connectivity index (χ0v) is 13.8. The Morgan fingerprint density at radius 2 is 1.91 bits per heavy atom. The van der Waals surface area contributed by atoms with Gasteiger partial charge in [-0.1, -0.05) is 36.4 Å². The number of thioether (sulfide) groups is 1. The number of hydrogen-bond acceptors (Lipinski definition) is 2. The molecule has 0 fully saturated rings. The lowest BCUT2D eigenvalue weighted by molar-refractivity contribution is 0.248. The van der Waals surface area contributed by atoms with Crippen LogP contribution in [0.1, 0.15) is 18.9 Å². The number of amides is 2. The molecule has 0 bridgehead atoms. The molecule has 0 aromatic heterocycles. The number of hydrogen-bond donors (Lipinski definition) is 2. The van der Waals surface area contributed by atoms with Crippen LogP contribution in [0.4, 0.5) is 10.5 Å². The summed E-state index contributed by atoms with van der Waals surface area (Å²) in [6.07, 6.45) is 3.90. The van der Waals surface area contributed by atoms with Crippen LogP contribution in [-0.4, -0.2) is 18.3 Å². The highest BCUT2D eigenvalue weighted by Crippen LogP contribution is 2.18. The summed E-state index contributed by atoms with van der Waals surface area (Å²) in [7, 11) is 0. The number of rotatable bonds is 6. The van der Waals surface area contributed by atoms with Crippen LogP contribution in [0.2, 0.25) is 0 Å². The quantitative estimate of drug-likeness (QED) is 0.768. The van der Waals surface area contributed by atoms with Gasteiger partial charge in [-0.05, 0) is 49.8 Å². The van der Waals surface area contributed by atoms with Crippen molar-refractivity contribution in [2.45, 2.75) is 30.7 Å². The third kappa shape index (κ3) is 5.45. The highest BCUT2D eigenvalue weighted by Gasteiger charge is 2.08. The summed E-state index contributed by atoms with van der Waals surface area (Å²) in [6.45, 7) is 2.03. The molecular weight excluding hydrogens is 292 g/mol. The van der Waals surface area contributed by atoms with Gasteiger partial charge in [-0.25, -0.2) is 4.79 Å². The van der Waals surface area contributed by atoms with Gasteiger partial charge in [0.15, 0.2) is 0 Å². The number of benzene rings is 2. The van der Waals surface area contributed by atoms with Gasteiger partial charge in [0.25, 0.3) is 0 Å². The number of urea groups is 1. The molecule has 0 aliphatic carbocycles. The molecular formula is C18H22N2OS. The SMILES string of the molecule is CSc1cccc(NC(=O)NC(C)CCc2ccccc2)c1. The van der Waals surface area contributed by atoms with Crippen LogP contribution >= 0.6 is 11.8 Å². The fourth-order valence-electron chi connectivity index (χ4n) is 2.19. The zero-order chi connectivity index (χ0) is 15.8. The Balaban J connectivity index is 1.78. The summed E-state index contributed by atoms with van der Waals surface area (Å²) < 4.78 is 0. The van der Waals surface area contributed by atoms with Crippen molar-refractivity contribution < 1.29 is 4.79 Å². The first-order chi connectivity index (χ1) is 10.7. The number of aryl methyl sites for hydroxylation is 1. The molecule has 0 saturated carbocycles. The van der Waals surface area contributed by atoms with Gasteiger partial charge in [-0.15, -0.1) is 11.8 Å². The molecule has 3 nitrogen and oxygen atoms in total. The van der Waals surface area contributed by atoms with Crippen LogP contribution in [0.15, 0.2) is 59.5 Å². The molecule has 116 valence electrons. The third-order valence-corrected chi connectivity index (χ3v) is 4.14. The topological polar surface area (TPSA) is 41.1 Å². The van der Waals surface area contributed by atoms with Crippen LogP contribution in [0.25, 0.3) is 0 Å². The van der Waals surface area contributed by atoms with Crippen molar-refractivity contribution in [3.05, 3.63) is 60.2 Å². The first-order valence-electron chi connectivity index (χ1n) is 7.43. The highest BCUT2D eigenvalue weighted by molar-refractivity contribution is 7.98. The first-order valence-corrected chi connectivity index (χ1v) is 8.65. The molecule has 2 aromatic rings. The Morgan fingerprint density at radius 3 is 2.64 bits per heavy atom. The zero-order valence-electron chi connectivity index (χ0n) is 13.0. The van der Waals surface area contributed by atoms with E-state index < -0.39 is 0 Å². The first kappa shape index (κ1) is 16.4. The molecule has 1 atom stereocenters. The average molecular weight is 314 g/mol. The van der Waals surface area contributed by atoms with Gasteiger partial charge in [0, 0.05) is 16.6 Å². The smallest absolute Gasteiger partial charge is 0.319 e. The summed E-state index contributed by atoms with van der Waals surface area (Å²) in [6, 6.07) is 18.1. The van der Waals surface area contributed by atoms with E-state index in [-0.39, 0.29) is 12.1 Å². The van der Waals surface area contributed by atoms with Gasteiger partial charge >= 0.3 is 6.03 Å². The predicted molar refractivity (Wildman–Crippen MR) is 94.6 cm³/mol. The van der Waals surface area contributed by atoms with Crippen molar-refractivity contribution in [1.29, 1.82) is 0 Å². The molecule has 2 aromatic carbocycles. The second-order valence-electron chi connectivity index (χ2n) is 5.26. The number of carbonyl (C=O) groups excluding carboxylic acids is 1. The third-order valence-electron chi connectivity index (χ3n) is 3.41. The minimum atomic E-state index is -0.154. The second kappa shape index (κ2) is 8.49. The number of anilines is 1. The Bertz CT molecular complexity index is 601. The van der Waals surface area contributed by atoms with Crippen molar-refractivity contribution in [3.63, 3.8) is 0 Å². The lowest BCUT2D eigenvalue weighted by Gasteiger charge is -2.15. The summed E-state index contributed by atoms with van der Waals surface area (Å²) in [4.78, 5) is 13.1. The number of nitrogens with one attached hydrogen (secondary N) is 2. The van der Waals surface area contributed by atoms with Crippen LogP contribution in [0.5, 0.6) is 0 Å². The van der Waals surface area contributed by atoms with Gasteiger partial charge in [0.05, 0.1) is 0 Å². The molecule has 0 aliphatic heterocycles. The Hall–Kier alpha value is -1.94. The summed E-state index contributed by atoms with van der Waals surface area (Å²) in [5.41, 5.74) is 2.11. The normalized spacial score (nSPS) is 11.7. The lowest BCUT2D eigenvalue weighted by Crippen LogP contribution is -2.36. The van der Waals surface area contributed by atoms with E-state index in [1.54, 1.807) is 11.8 Å². The second-order valence-corrected chi connectivity index (χ2v) is 6.14. The summed E-state index contributed by atoms with van der Waals surface area (Å²) in [5, 5.41) is 5.86. The van der Waals surface area contributed by atoms with Crippen LogP contribution in [0, 0.1) is 0 Å². The molecule has 0 radical (unpaired) electrons. The van der Waals surface area contributed by atoms with Crippen molar-refractivity contribution >= 4 is 23.5 Å². The summed E-state index contributed by atoms with van der Waals surface area (Å²) >= 11 is 1.66. The van der Waals surface area contributed by atoms with E-state index in [2.05, 4.69) is 22.8 Å². The molecule has 2 amide bonds. The maximum absolute atomic E-state index is 12.0. The Morgan fingerprint density at radius 1 is 1.14 bits per heavy atom. The van der Waals surface area contributed by atoms with E-state index in [0.717, 1.165) is 23.4 Å². The molecule has 0 spiro atoms. The summed E-state index contributed by atoms with van der Waals surface area (Å²) in [5.74, 6) is 0. The predicted octanol–water partition coefficient (Wildman–Crippen LogP) is 4.55. The fourth-order valence-corrected chi connectivity index (χ4v) is 2.65. The van der Waals surface area contributed by atoms with E-state index >= 15 is 0 Å². The molecule has 2 rings (SSSR count). The highest BCUT2D eigenvalue weighted by atomic mass is 32.2. The molecule has 0 saturated heterocycles. The van der Waals surface area contributed by atoms with Crippen molar-refractivity contribution in [2.24, 2.45) is 0 Å². The molecule has 0 heterocycles. The van der Waals surface area contributed by atoms with Crippen molar-refractivity contribution in [3.8, 4) is 0 Å². The van der Waals surface area contributed by atoms with Gasteiger partial charge < -0.3 is 10.6 Å². The van der Waals surface area contributed by atoms with E-state index in [9.17, 15) is 4.79 Å². The average Bonchev–Trinajstić information content (AvgIpc) is 2.54. The van der Waals surface area contributed by atoms with Gasteiger partial charge in [0.2, 0.25) is 0 Å². The van der Waals surface area contributed by atoms with Crippen LogP contribution < -0.4 is 10.6 Å². The Kier molecular flexibility index (Phi) is 6.34. The minimum Gasteiger partial charge on any atom is -0.335 e. The maximum atomic E-state index is 12.0. The van der Waals surface area contributed by atoms with Crippen molar-refractivity contribution in [1.82, 2.24) is 5.32 Å². The minimum absolute atomic E-state index is 0.129. The largest absolute Gasteiger partial charge is 0.335 e. The maximum Gasteiger partial charge on any atom is 0.319 e. The van der Waals surface area contributed by atoms with Crippen molar-refractivity contribution in [2.75, 3.05) is 11.6 Å². The van der Waals surface area contributed by atoms with Crippen LogP contribution in [-0.2, 0) is 6.42 Å². The standard InChI is InChI=1S/C18H22N2OS/c1-14(11-12-15-7-4-3-5-8-15)19-18(21)20-16-9-6-10-17(13-16)22-2/h3-10,13-14H,11-12H2,1-2H3,(H2,19,20,21). The van der Waals surface area contributed by atoms with Gasteiger partial charge in [-0.2, -0.15) is 0 Å². The molecule has 0 aliphatic rings. The van der Waals surface area contributed by atoms with E-state index in [1.165, 1.54) is 5.56 Å². The van der Waals surface area contributed by atoms with E-state index in [1.807, 2.05) is 55.6 Å². The van der Waals surface area contributed by atoms with E-state index in [4.69, 9.17) is 0 Å². The fraction of sp³-hybridized carbons (Fsp3) is 0.278. The lowest BCUT2D eigenvalue weighted by atomic mass is 10.1. The molecule has 1 unspecified atom stereocenters. The van der Waals surface area contributed by atoms with Gasteiger partial charge in [-0.3, -0.25) is 0 Å².